The summed E-state index contributed by atoms with van der Waals surface area (Å²) >= 11 is 0. The van der Waals surface area contributed by atoms with Crippen LogP contribution in [0.25, 0.3) is 21.8 Å². The van der Waals surface area contributed by atoms with Crippen molar-refractivity contribution in [2.24, 2.45) is 16.2 Å². The van der Waals surface area contributed by atoms with Crippen molar-refractivity contribution in [3.8, 4) is 0 Å². The number of fused-ring (bicyclic) bond motifs is 3. The molecule has 27 heavy (non-hydrogen) atoms. The highest BCUT2D eigenvalue weighted by Gasteiger charge is 2.11. The Balaban J connectivity index is 0.000000465. The number of hydrogen-bond donors (Lipinski definition) is 2. The Bertz CT molecular complexity index is 998. The van der Waals surface area contributed by atoms with Gasteiger partial charge in [0.15, 0.2) is 5.84 Å². The molecule has 0 atom stereocenters. The first-order valence-electron chi connectivity index (χ1n) is 8.67. The molecular weight excluding hydrogens is 341 g/mol. The third-order valence-electron chi connectivity index (χ3n) is 4.05. The minimum atomic E-state index is -0.337. The van der Waals surface area contributed by atoms with Gasteiger partial charge in [0.2, 0.25) is 0 Å². The lowest BCUT2D eigenvalue weighted by Gasteiger charge is -2.04. The molecule has 0 fully saturated rings. The third-order valence-corrected chi connectivity index (χ3v) is 4.05. The van der Waals surface area contributed by atoms with Gasteiger partial charge in [-0.3, -0.25) is 5.41 Å². The highest BCUT2D eigenvalue weighted by molar-refractivity contribution is 6.11. The Hall–Kier alpha value is -3.28. The largest absolute Gasteiger partial charge is 0.337 e. The first-order valence-corrected chi connectivity index (χ1v) is 8.67. The maximum absolute atomic E-state index is 10.9. The number of nitrogens with two attached hydrogens (primary N) is 1. The fourth-order valence-corrected chi connectivity index (χ4v) is 2.81. The van der Waals surface area contributed by atoms with Gasteiger partial charge in [-0.15, -0.1) is 5.11 Å². The normalized spacial score (nSPS) is 11.7. The predicted molar refractivity (Wildman–Crippen MR) is 111 cm³/mol. The lowest BCUT2D eigenvalue weighted by Crippen LogP contribution is -1.97. The topological polar surface area (TPSA) is 79.5 Å². The van der Waals surface area contributed by atoms with E-state index in [-0.39, 0.29) is 12.5 Å². The second kappa shape index (κ2) is 10.0. The van der Waals surface area contributed by atoms with Crippen LogP contribution in [-0.2, 0) is 6.54 Å². The highest BCUT2D eigenvalue weighted by atomic mass is 19.1. The SMILES string of the molecule is C/C=C/Cn1c2ccccc2c2cc(C(=N)N=NN)ccc21.C/C=C\CF. The molecule has 3 aromatic rings. The Labute approximate surface area is 158 Å². The Morgan fingerprint density at radius 2 is 1.78 bits per heavy atom. The Morgan fingerprint density at radius 3 is 2.41 bits per heavy atom. The van der Waals surface area contributed by atoms with E-state index in [0.29, 0.717) is 5.56 Å². The summed E-state index contributed by atoms with van der Waals surface area (Å²) in [5.41, 5.74) is 3.02. The molecule has 0 saturated heterocycles. The minimum Gasteiger partial charge on any atom is -0.337 e. The van der Waals surface area contributed by atoms with Crippen LogP contribution in [0.2, 0.25) is 0 Å². The number of hydrogen-bond acceptors (Lipinski definition) is 2. The van der Waals surface area contributed by atoms with Gasteiger partial charge < -0.3 is 10.4 Å². The zero-order chi connectivity index (χ0) is 19.6. The second-order valence-corrected chi connectivity index (χ2v) is 5.72. The lowest BCUT2D eigenvalue weighted by atomic mass is 10.1. The van der Waals surface area contributed by atoms with E-state index < -0.39 is 0 Å². The van der Waals surface area contributed by atoms with Gasteiger partial charge in [-0.1, -0.05) is 47.7 Å². The fraction of sp³-hybridized carbons (Fsp3) is 0.190. The van der Waals surface area contributed by atoms with Crippen molar-refractivity contribution in [1.29, 1.82) is 5.41 Å². The Kier molecular flexibility index (Phi) is 7.43. The summed E-state index contributed by atoms with van der Waals surface area (Å²) in [6.07, 6.45) is 7.32. The van der Waals surface area contributed by atoms with E-state index in [1.54, 1.807) is 13.0 Å². The molecule has 3 N–H and O–H groups in total. The molecule has 1 heterocycles. The van der Waals surface area contributed by atoms with Crippen LogP contribution >= 0.6 is 0 Å². The fourth-order valence-electron chi connectivity index (χ4n) is 2.81. The van der Waals surface area contributed by atoms with Crippen LogP contribution in [0.4, 0.5) is 4.39 Å². The number of rotatable bonds is 4. The van der Waals surface area contributed by atoms with Crippen molar-refractivity contribution in [2.75, 3.05) is 6.67 Å². The lowest BCUT2D eigenvalue weighted by molar-refractivity contribution is 0.561. The van der Waals surface area contributed by atoms with Crippen LogP contribution in [-0.4, -0.2) is 17.1 Å². The van der Waals surface area contributed by atoms with Crippen molar-refractivity contribution in [3.63, 3.8) is 0 Å². The maximum Gasteiger partial charge on any atom is 0.176 e. The molecule has 2 aromatic carbocycles. The summed E-state index contributed by atoms with van der Waals surface area (Å²) in [6, 6.07) is 14.2. The predicted octanol–water partition coefficient (Wildman–Crippen LogP) is 5.55. The summed E-state index contributed by atoms with van der Waals surface area (Å²) in [6.45, 7) is 4.29. The van der Waals surface area contributed by atoms with E-state index in [0.717, 1.165) is 17.4 Å². The number of amidine groups is 1. The second-order valence-electron chi connectivity index (χ2n) is 5.72. The smallest absolute Gasteiger partial charge is 0.176 e. The number of nitrogens with zero attached hydrogens (tertiary/aromatic N) is 3. The standard InChI is InChI=1S/C17H17N5.C4H7F/c1-2-3-10-22-15-7-5-4-6-13(15)14-11-12(8-9-16(14)22)17(18)20-21-19;1-2-3-4-5/h2-9,11H,10H2,1H3,(H3,18,19,20);2-3H,4H2,1H3/b3-2+;3-2-. The van der Waals surface area contributed by atoms with Crippen molar-refractivity contribution in [3.05, 3.63) is 72.3 Å². The molecule has 0 bridgehead atoms. The van der Waals surface area contributed by atoms with Gasteiger partial charge in [-0.05, 0) is 38.1 Å². The van der Waals surface area contributed by atoms with E-state index >= 15 is 0 Å². The average molecular weight is 365 g/mol. The average Bonchev–Trinajstić information content (AvgIpc) is 3.01. The van der Waals surface area contributed by atoms with Crippen LogP contribution in [0.1, 0.15) is 19.4 Å². The van der Waals surface area contributed by atoms with Gasteiger partial charge >= 0.3 is 0 Å². The summed E-state index contributed by atoms with van der Waals surface area (Å²) in [4.78, 5) is 0. The van der Waals surface area contributed by atoms with Gasteiger partial charge in [0, 0.05) is 33.9 Å². The molecule has 140 valence electrons. The van der Waals surface area contributed by atoms with E-state index in [1.807, 2.05) is 43.3 Å². The number of alkyl halides is 1. The Morgan fingerprint density at radius 1 is 1.07 bits per heavy atom. The van der Waals surface area contributed by atoms with Crippen molar-refractivity contribution >= 4 is 27.6 Å². The number of allylic oxidation sites excluding steroid dienone is 4. The molecule has 0 unspecified atom stereocenters. The van der Waals surface area contributed by atoms with Crippen LogP contribution in [0.3, 0.4) is 0 Å². The molecular formula is C21H24FN5. The van der Waals surface area contributed by atoms with Gasteiger partial charge in [-0.2, -0.15) is 0 Å². The number of aromatic nitrogens is 1. The van der Waals surface area contributed by atoms with Gasteiger partial charge in [0.1, 0.15) is 6.67 Å². The summed E-state index contributed by atoms with van der Waals surface area (Å²) in [5.74, 6) is 5.10. The van der Waals surface area contributed by atoms with Gasteiger partial charge in [0.25, 0.3) is 0 Å². The van der Waals surface area contributed by atoms with Crippen molar-refractivity contribution in [2.45, 2.75) is 20.4 Å². The molecule has 0 spiro atoms. The molecule has 0 saturated carbocycles. The zero-order valence-corrected chi connectivity index (χ0v) is 15.6. The van der Waals surface area contributed by atoms with Crippen LogP contribution in [0, 0.1) is 5.41 Å². The molecule has 0 amide bonds. The maximum atomic E-state index is 10.9. The van der Waals surface area contributed by atoms with E-state index in [4.69, 9.17) is 11.3 Å². The number of halogens is 1. The summed E-state index contributed by atoms with van der Waals surface area (Å²) in [5, 5.41) is 16.9. The first-order chi connectivity index (χ1) is 13.2. The van der Waals surface area contributed by atoms with E-state index in [2.05, 4.69) is 33.1 Å². The van der Waals surface area contributed by atoms with E-state index in [9.17, 15) is 4.39 Å². The van der Waals surface area contributed by atoms with Crippen molar-refractivity contribution < 1.29 is 4.39 Å². The highest BCUT2D eigenvalue weighted by Crippen LogP contribution is 2.30. The summed E-state index contributed by atoms with van der Waals surface area (Å²) < 4.78 is 13.2. The number of nitrogens with one attached hydrogen (secondary N) is 1. The molecule has 1 aromatic heterocycles. The summed E-state index contributed by atoms with van der Waals surface area (Å²) in [7, 11) is 0. The minimum absolute atomic E-state index is 0.0645. The number of benzene rings is 2. The van der Waals surface area contributed by atoms with Crippen LogP contribution < -0.4 is 5.84 Å². The quantitative estimate of drug-likeness (QED) is 0.156. The molecule has 0 aliphatic rings. The first kappa shape index (κ1) is 20.0. The third kappa shape index (κ3) is 4.67. The van der Waals surface area contributed by atoms with E-state index in [1.165, 1.54) is 17.0 Å². The molecule has 5 nitrogen and oxygen atoms in total. The van der Waals surface area contributed by atoms with Gasteiger partial charge in [0.05, 0.1) is 0 Å². The van der Waals surface area contributed by atoms with Crippen LogP contribution in [0.15, 0.2) is 77.1 Å². The molecule has 0 radical (unpaired) electrons. The monoisotopic (exact) mass is 365 g/mol. The number of para-hydroxylation sites is 1. The zero-order valence-electron chi connectivity index (χ0n) is 15.6. The van der Waals surface area contributed by atoms with Crippen LogP contribution in [0.5, 0.6) is 0 Å². The van der Waals surface area contributed by atoms with Crippen molar-refractivity contribution in [1.82, 2.24) is 4.57 Å². The molecule has 3 rings (SSSR count). The van der Waals surface area contributed by atoms with Gasteiger partial charge in [-0.25, -0.2) is 4.39 Å². The molecule has 0 aliphatic carbocycles. The molecule has 6 heteroatoms. The molecule has 0 aliphatic heterocycles.